The summed E-state index contributed by atoms with van der Waals surface area (Å²) in [6.45, 7) is 2.01. The van der Waals surface area contributed by atoms with Crippen molar-refractivity contribution in [1.29, 1.82) is 10.8 Å². The lowest BCUT2D eigenvalue weighted by atomic mass is 9.90. The van der Waals surface area contributed by atoms with Crippen molar-refractivity contribution in [2.75, 3.05) is 0 Å². The van der Waals surface area contributed by atoms with Crippen molar-refractivity contribution in [3.63, 3.8) is 0 Å². The third-order valence-corrected chi connectivity index (χ3v) is 10.8. The van der Waals surface area contributed by atoms with Crippen LogP contribution in [0, 0.1) is 17.7 Å². The zero-order valence-corrected chi connectivity index (χ0v) is 30.7. The number of benzene rings is 8. The number of nitrogens with one attached hydrogen (secondary N) is 2. The van der Waals surface area contributed by atoms with Gasteiger partial charge in [-0.25, -0.2) is 0 Å². The predicted octanol–water partition coefficient (Wildman–Crippen LogP) is 12.9. The van der Waals surface area contributed by atoms with E-state index in [2.05, 4.69) is 161 Å². The summed E-state index contributed by atoms with van der Waals surface area (Å²) in [6, 6.07) is 65.2. The van der Waals surface area contributed by atoms with Gasteiger partial charge >= 0.3 is 0 Å². The predicted molar refractivity (Wildman–Crippen MR) is 232 cm³/mol. The summed E-state index contributed by atoms with van der Waals surface area (Å²) in [6.07, 6.45) is 0. The van der Waals surface area contributed by atoms with E-state index in [-0.39, 0.29) is 11.8 Å². The molecule has 56 heavy (non-hydrogen) atoms. The quantitative estimate of drug-likeness (QED) is 0.130. The molecule has 0 atom stereocenters. The van der Waals surface area contributed by atoms with Crippen LogP contribution in [0.25, 0.3) is 77.2 Å². The van der Waals surface area contributed by atoms with Gasteiger partial charge in [0.1, 0.15) is 0 Å². The van der Waals surface area contributed by atoms with Gasteiger partial charge in [-0.15, -0.1) is 0 Å². The molecule has 0 saturated heterocycles. The second kappa shape index (κ2) is 13.4. The molecule has 266 valence electrons. The molecule has 0 radical (unpaired) electrons. The maximum Gasteiger partial charge on any atom is 0.221 e. The molecule has 0 fully saturated rings. The van der Waals surface area contributed by atoms with E-state index in [4.69, 9.17) is 15.6 Å². The third kappa shape index (κ3) is 5.32. The van der Waals surface area contributed by atoms with Crippen molar-refractivity contribution < 1.29 is 4.74 Å². The molecule has 2 N–H and O–H groups in total. The molecule has 0 aliphatic rings. The minimum Gasteiger partial charge on any atom is -0.421 e. The first-order chi connectivity index (χ1) is 27.6. The molecule has 0 saturated carbocycles. The number of aryl methyl sites for hydroxylation is 1. The molecule has 5 nitrogen and oxygen atoms in total. The third-order valence-electron chi connectivity index (χ3n) is 10.8. The Morgan fingerprint density at radius 2 is 0.786 bits per heavy atom. The van der Waals surface area contributed by atoms with Crippen LogP contribution in [-0.2, 0) is 4.74 Å². The van der Waals surface area contributed by atoms with Crippen LogP contribution >= 0.6 is 0 Å². The molecule has 0 aliphatic heterocycles. The number of fused-ring (bicyclic) bond motifs is 6. The topological polar surface area (TPSA) is 66.8 Å². The summed E-state index contributed by atoms with van der Waals surface area (Å²) in [5.74, 6) is -0.128. The summed E-state index contributed by atoms with van der Waals surface area (Å²) in [7, 11) is 0. The second-order valence-electron chi connectivity index (χ2n) is 14.1. The zero-order chi connectivity index (χ0) is 37.8. The summed E-state index contributed by atoms with van der Waals surface area (Å²) in [5, 5.41) is 22.0. The molecule has 0 spiro atoms. The number of nitrogens with zero attached hydrogens (tertiary/aromatic N) is 2. The van der Waals surface area contributed by atoms with Gasteiger partial charge in [-0.1, -0.05) is 133 Å². The monoisotopic (exact) mass is 720 g/mol. The molecule has 0 bridgehead atoms. The lowest BCUT2D eigenvalue weighted by Crippen LogP contribution is -2.13. The molecule has 0 unspecified atom stereocenters. The standard InChI is InChI=1S/C51H36N4O/c1-33-25-27-36(28-26-33)50(52)56-51(53)37-29-31-39(32-30-37)55-43-24-14-12-22-41(43)47-44(34-15-5-2-6-16-34)48-46(45(49(47)55)35-17-7-3-8-18-35)40-21-11-13-23-42(40)54(48)38-19-9-4-10-20-38/h2-32,52-53H,1H3. The fraction of sp³-hybridized carbons (Fsp3) is 0.0196. The van der Waals surface area contributed by atoms with E-state index in [9.17, 15) is 0 Å². The van der Waals surface area contributed by atoms with Crippen LogP contribution in [0.15, 0.2) is 188 Å². The van der Waals surface area contributed by atoms with Crippen LogP contribution in [0.3, 0.4) is 0 Å². The normalized spacial score (nSPS) is 11.4. The molecular weight excluding hydrogens is 685 g/mol. The Labute approximate surface area is 324 Å². The van der Waals surface area contributed by atoms with Gasteiger partial charge in [-0.3, -0.25) is 10.8 Å². The van der Waals surface area contributed by atoms with Gasteiger partial charge in [0.15, 0.2) is 0 Å². The van der Waals surface area contributed by atoms with Gasteiger partial charge in [-0.2, -0.15) is 0 Å². The minimum atomic E-state index is -0.0730. The summed E-state index contributed by atoms with van der Waals surface area (Å²) < 4.78 is 10.6. The Balaban J connectivity index is 1.31. The van der Waals surface area contributed by atoms with Gasteiger partial charge in [0.25, 0.3) is 0 Å². The highest BCUT2D eigenvalue weighted by molar-refractivity contribution is 6.33. The average Bonchev–Trinajstić information content (AvgIpc) is 3.77. The second-order valence-corrected chi connectivity index (χ2v) is 14.1. The van der Waals surface area contributed by atoms with Crippen molar-refractivity contribution in [3.05, 3.63) is 205 Å². The van der Waals surface area contributed by atoms with Crippen LogP contribution in [0.4, 0.5) is 0 Å². The van der Waals surface area contributed by atoms with Crippen LogP contribution in [0.2, 0.25) is 0 Å². The minimum absolute atomic E-state index is 0.0545. The Morgan fingerprint density at radius 3 is 1.25 bits per heavy atom. The van der Waals surface area contributed by atoms with Crippen molar-refractivity contribution in [2.45, 2.75) is 6.92 Å². The summed E-state index contributed by atoms with van der Waals surface area (Å²) in [4.78, 5) is 0. The number of ether oxygens (including phenoxy) is 1. The van der Waals surface area contributed by atoms with Crippen molar-refractivity contribution in [3.8, 4) is 33.6 Å². The van der Waals surface area contributed by atoms with Crippen LogP contribution < -0.4 is 0 Å². The van der Waals surface area contributed by atoms with Crippen LogP contribution in [-0.4, -0.2) is 20.9 Å². The molecule has 8 aromatic carbocycles. The van der Waals surface area contributed by atoms with Gasteiger partial charge in [0, 0.05) is 55.2 Å². The molecule has 5 heteroatoms. The van der Waals surface area contributed by atoms with E-state index in [0.29, 0.717) is 11.1 Å². The average molecular weight is 721 g/mol. The highest BCUT2D eigenvalue weighted by Crippen LogP contribution is 2.51. The Hall–Kier alpha value is -7.50. The van der Waals surface area contributed by atoms with Gasteiger partial charge in [0.2, 0.25) is 11.8 Å². The Bertz CT molecular complexity index is 3110. The first-order valence-corrected chi connectivity index (χ1v) is 18.8. The fourth-order valence-electron chi connectivity index (χ4n) is 8.27. The Morgan fingerprint density at radius 1 is 0.411 bits per heavy atom. The van der Waals surface area contributed by atoms with Gasteiger partial charge < -0.3 is 13.9 Å². The lowest BCUT2D eigenvalue weighted by Gasteiger charge is -2.18. The highest BCUT2D eigenvalue weighted by atomic mass is 16.5. The molecule has 10 aromatic rings. The first kappa shape index (κ1) is 33.1. The first-order valence-electron chi connectivity index (χ1n) is 18.8. The lowest BCUT2D eigenvalue weighted by molar-refractivity contribution is 0.538. The van der Waals surface area contributed by atoms with Crippen molar-refractivity contribution in [1.82, 2.24) is 9.13 Å². The van der Waals surface area contributed by atoms with E-state index in [0.717, 1.165) is 61.1 Å². The highest BCUT2D eigenvalue weighted by Gasteiger charge is 2.28. The largest absolute Gasteiger partial charge is 0.421 e. The number of hydrogen-bond donors (Lipinski definition) is 2. The number of hydrogen-bond acceptors (Lipinski definition) is 3. The van der Waals surface area contributed by atoms with Crippen LogP contribution in [0.1, 0.15) is 16.7 Å². The molecule has 2 aromatic heterocycles. The van der Waals surface area contributed by atoms with E-state index < -0.39 is 0 Å². The zero-order valence-electron chi connectivity index (χ0n) is 30.7. The Kier molecular flexibility index (Phi) is 7.93. The van der Waals surface area contributed by atoms with Gasteiger partial charge in [-0.05, 0) is 78.7 Å². The molecule has 10 rings (SSSR count). The molecule has 0 aliphatic carbocycles. The van der Waals surface area contributed by atoms with E-state index in [1.165, 1.54) is 21.7 Å². The maximum atomic E-state index is 8.80. The molecule has 0 amide bonds. The van der Waals surface area contributed by atoms with E-state index in [1.54, 1.807) is 0 Å². The number of rotatable bonds is 6. The number of para-hydroxylation sites is 3. The molecule has 2 heterocycles. The van der Waals surface area contributed by atoms with Crippen molar-refractivity contribution >= 4 is 55.4 Å². The summed E-state index contributed by atoms with van der Waals surface area (Å²) in [5.41, 5.74) is 13.5. The van der Waals surface area contributed by atoms with Gasteiger partial charge in [0.05, 0.1) is 22.1 Å². The maximum absolute atomic E-state index is 8.80. The van der Waals surface area contributed by atoms with E-state index in [1.807, 2.05) is 43.3 Å². The van der Waals surface area contributed by atoms with E-state index >= 15 is 0 Å². The number of aromatic nitrogens is 2. The van der Waals surface area contributed by atoms with Crippen LogP contribution in [0.5, 0.6) is 0 Å². The molecular formula is C51H36N4O. The fourth-order valence-corrected chi connectivity index (χ4v) is 8.27. The summed E-state index contributed by atoms with van der Waals surface area (Å²) >= 11 is 0. The van der Waals surface area contributed by atoms with Crippen molar-refractivity contribution in [2.24, 2.45) is 0 Å². The smallest absolute Gasteiger partial charge is 0.221 e. The SMILES string of the molecule is Cc1ccc(C(=N)OC(=N)c2ccc(-n3c4ccccc4c4c(-c5ccccc5)c5c(c(-c6ccccc6)c43)c3ccccc3n5-c3ccccc3)cc2)cc1.